The van der Waals surface area contributed by atoms with Gasteiger partial charge in [0.2, 0.25) is 0 Å². The van der Waals surface area contributed by atoms with Crippen LogP contribution in [0.25, 0.3) is 0 Å². The van der Waals surface area contributed by atoms with Gasteiger partial charge in [0.1, 0.15) is 0 Å². The minimum Gasteiger partial charge on any atom is -0.373 e. The zero-order valence-electron chi connectivity index (χ0n) is 11.6. The molecule has 1 saturated heterocycles. The molecule has 1 unspecified atom stereocenters. The molecule has 1 spiro atoms. The highest BCUT2D eigenvalue weighted by Crippen LogP contribution is 2.54. The molecule has 5 heteroatoms. The summed E-state index contributed by atoms with van der Waals surface area (Å²) in [5.41, 5.74) is 1.27. The Bertz CT molecular complexity index is 548. The van der Waals surface area contributed by atoms with Gasteiger partial charge in [0, 0.05) is 23.8 Å². The molecule has 1 aromatic heterocycles. The van der Waals surface area contributed by atoms with E-state index in [0.29, 0.717) is 11.9 Å². The van der Waals surface area contributed by atoms with Crippen molar-refractivity contribution in [2.45, 2.75) is 57.1 Å². The van der Waals surface area contributed by atoms with E-state index in [0.717, 1.165) is 25.9 Å². The largest absolute Gasteiger partial charge is 0.373 e. The molecule has 19 heavy (non-hydrogen) atoms. The lowest BCUT2D eigenvalue weighted by Gasteiger charge is -2.26. The number of hydrogen-bond donors (Lipinski definition) is 0. The van der Waals surface area contributed by atoms with Crippen LogP contribution in [0.1, 0.15) is 51.8 Å². The first-order valence-corrected chi connectivity index (χ1v) is 7.19. The number of hydrogen-bond acceptors (Lipinski definition) is 4. The van der Waals surface area contributed by atoms with E-state index >= 15 is 0 Å². The fourth-order valence-electron chi connectivity index (χ4n) is 2.96. The third kappa shape index (κ3) is 2.16. The highest BCUT2D eigenvalue weighted by molar-refractivity contribution is 7.78. The molecule has 0 N–H and O–H groups in total. The maximum absolute atomic E-state index is 5.93. The Hall–Kier alpha value is -1.03. The molecule has 1 atom stereocenters. The molecule has 1 aromatic rings. The van der Waals surface area contributed by atoms with Crippen LogP contribution in [0.15, 0.2) is 11.1 Å². The van der Waals surface area contributed by atoms with Crippen LogP contribution in [0.4, 0.5) is 5.82 Å². The summed E-state index contributed by atoms with van der Waals surface area (Å²) in [6, 6.07) is 2.36. The monoisotopic (exact) mass is 277 g/mol. The molecule has 2 aliphatic rings. The highest BCUT2D eigenvalue weighted by atomic mass is 32.1. The van der Waals surface area contributed by atoms with Crippen LogP contribution >= 0.6 is 12.2 Å². The lowest BCUT2D eigenvalue weighted by molar-refractivity contribution is 0.0668. The van der Waals surface area contributed by atoms with Crippen molar-refractivity contribution in [3.8, 4) is 0 Å². The minimum atomic E-state index is 0.0287. The van der Waals surface area contributed by atoms with Crippen LogP contribution in [0.2, 0.25) is 0 Å². The summed E-state index contributed by atoms with van der Waals surface area (Å²) in [4.78, 5) is 4.03. The first-order valence-electron chi connectivity index (χ1n) is 6.78. The van der Waals surface area contributed by atoms with Gasteiger partial charge in [0.15, 0.2) is 5.82 Å². The van der Waals surface area contributed by atoms with E-state index in [9.17, 15) is 0 Å². The number of ether oxygens (including phenoxy) is 1. The van der Waals surface area contributed by atoms with Crippen LogP contribution in [-0.4, -0.2) is 27.1 Å². The zero-order valence-corrected chi connectivity index (χ0v) is 12.5. The maximum Gasteiger partial charge on any atom is 0.184 e. The molecule has 1 saturated carbocycles. The van der Waals surface area contributed by atoms with Gasteiger partial charge in [-0.2, -0.15) is 10.1 Å². The van der Waals surface area contributed by atoms with Crippen LogP contribution in [-0.2, 0) is 10.2 Å². The summed E-state index contributed by atoms with van der Waals surface area (Å²) in [6.45, 7) is 7.42. The van der Waals surface area contributed by atoms with Gasteiger partial charge in [0.25, 0.3) is 0 Å². The predicted molar refractivity (Wildman–Crippen MR) is 77.2 cm³/mol. The molecule has 0 aromatic carbocycles. The summed E-state index contributed by atoms with van der Waals surface area (Å²) in [5.74, 6) is 0.655. The highest BCUT2D eigenvalue weighted by Gasteiger charge is 2.56. The number of aromatic nitrogens is 2. The third-order valence-corrected chi connectivity index (χ3v) is 4.17. The van der Waals surface area contributed by atoms with E-state index in [4.69, 9.17) is 4.74 Å². The van der Waals surface area contributed by atoms with Crippen LogP contribution in [0.5, 0.6) is 0 Å². The minimum absolute atomic E-state index is 0.0287. The Balaban J connectivity index is 2.06. The van der Waals surface area contributed by atoms with E-state index in [2.05, 4.69) is 52.9 Å². The van der Waals surface area contributed by atoms with E-state index in [-0.39, 0.29) is 11.0 Å². The second-order valence-electron chi connectivity index (χ2n) is 6.50. The topological polar surface area (TPSA) is 39.4 Å². The van der Waals surface area contributed by atoms with Crippen molar-refractivity contribution >= 4 is 23.2 Å². The normalized spacial score (nSPS) is 24.5. The molecule has 1 aliphatic carbocycles. The van der Waals surface area contributed by atoms with Crippen LogP contribution < -0.4 is 0 Å². The van der Waals surface area contributed by atoms with Crippen LogP contribution in [0, 0.1) is 0 Å². The van der Waals surface area contributed by atoms with Gasteiger partial charge in [-0.3, -0.25) is 4.68 Å². The Labute approximate surface area is 118 Å². The Morgan fingerprint density at radius 2 is 2.26 bits per heavy atom. The van der Waals surface area contributed by atoms with Crippen molar-refractivity contribution in [2.24, 2.45) is 4.99 Å². The SMILES string of the molecule is CC(C)(C)c1cc(N=C=S)nn1C1CCOC12CC2. The van der Waals surface area contributed by atoms with E-state index in [1.165, 1.54) is 5.69 Å². The number of aliphatic imine (C=N–C) groups is 1. The fraction of sp³-hybridized carbons (Fsp3) is 0.714. The molecular weight excluding hydrogens is 258 g/mol. The van der Waals surface area contributed by atoms with E-state index in [1.54, 1.807) is 0 Å². The van der Waals surface area contributed by atoms with Gasteiger partial charge < -0.3 is 4.74 Å². The molecule has 0 amide bonds. The molecule has 1 aliphatic heterocycles. The van der Waals surface area contributed by atoms with Gasteiger partial charge in [-0.05, 0) is 31.5 Å². The average molecular weight is 277 g/mol. The molecule has 0 radical (unpaired) electrons. The summed E-state index contributed by atoms with van der Waals surface area (Å²) in [5, 5.41) is 7.03. The van der Waals surface area contributed by atoms with Crippen molar-refractivity contribution in [3.05, 3.63) is 11.8 Å². The molecule has 102 valence electrons. The summed E-state index contributed by atoms with van der Waals surface area (Å²) in [7, 11) is 0. The summed E-state index contributed by atoms with van der Waals surface area (Å²) < 4.78 is 8.06. The lowest BCUT2D eigenvalue weighted by atomic mass is 9.91. The molecular formula is C14H19N3OS. The predicted octanol–water partition coefficient (Wildman–Crippen LogP) is 3.41. The second-order valence-corrected chi connectivity index (χ2v) is 6.69. The smallest absolute Gasteiger partial charge is 0.184 e. The maximum atomic E-state index is 5.93. The van der Waals surface area contributed by atoms with Crippen molar-refractivity contribution < 1.29 is 4.74 Å². The van der Waals surface area contributed by atoms with Crippen molar-refractivity contribution in [2.75, 3.05) is 6.61 Å². The molecule has 4 nitrogen and oxygen atoms in total. The van der Waals surface area contributed by atoms with E-state index < -0.39 is 0 Å². The molecule has 0 bridgehead atoms. The van der Waals surface area contributed by atoms with E-state index in [1.807, 2.05) is 6.07 Å². The molecule has 3 rings (SSSR count). The van der Waals surface area contributed by atoms with Crippen molar-refractivity contribution in [3.63, 3.8) is 0 Å². The Morgan fingerprint density at radius 1 is 1.53 bits per heavy atom. The zero-order chi connectivity index (χ0) is 13.7. The number of isothiocyanates is 1. The molecule has 2 fully saturated rings. The first-order chi connectivity index (χ1) is 8.96. The number of thiocarbonyl (C=S) groups is 1. The van der Waals surface area contributed by atoms with Gasteiger partial charge in [-0.15, -0.1) is 0 Å². The first kappa shape index (κ1) is 13.0. The van der Waals surface area contributed by atoms with Gasteiger partial charge in [-0.25, -0.2) is 0 Å². The van der Waals surface area contributed by atoms with Gasteiger partial charge in [-0.1, -0.05) is 20.8 Å². The van der Waals surface area contributed by atoms with Crippen molar-refractivity contribution in [1.82, 2.24) is 9.78 Å². The number of nitrogens with zero attached hydrogens (tertiary/aromatic N) is 3. The van der Waals surface area contributed by atoms with Gasteiger partial charge in [0.05, 0.1) is 16.8 Å². The summed E-state index contributed by atoms with van der Waals surface area (Å²) >= 11 is 4.68. The van der Waals surface area contributed by atoms with Crippen molar-refractivity contribution in [1.29, 1.82) is 0 Å². The standard InChI is InChI=1S/C14H19N3OS/c1-13(2,3)11-8-12(15-9-19)16-17(11)10-4-7-18-14(10)5-6-14/h8,10H,4-7H2,1-3H3. The Morgan fingerprint density at radius 3 is 2.84 bits per heavy atom. The quantitative estimate of drug-likeness (QED) is 0.614. The van der Waals surface area contributed by atoms with Gasteiger partial charge >= 0.3 is 0 Å². The lowest BCUT2D eigenvalue weighted by Crippen LogP contribution is -2.28. The third-order valence-electron chi connectivity index (χ3n) is 4.08. The molecule has 2 heterocycles. The average Bonchev–Trinajstić information content (AvgIpc) is 2.78. The van der Waals surface area contributed by atoms with Crippen LogP contribution in [0.3, 0.4) is 0 Å². The summed E-state index contributed by atoms with van der Waals surface area (Å²) in [6.07, 6.45) is 3.32. The number of rotatable bonds is 2. The fourth-order valence-corrected chi connectivity index (χ4v) is 3.05. The second kappa shape index (κ2) is 4.23. The Kier molecular flexibility index (Phi) is 2.89.